The Morgan fingerprint density at radius 3 is 3.06 bits per heavy atom. The lowest BCUT2D eigenvalue weighted by molar-refractivity contribution is 0.0505. The highest BCUT2D eigenvalue weighted by atomic mass is 16.5. The van der Waals surface area contributed by atoms with Crippen LogP contribution >= 0.6 is 0 Å². The van der Waals surface area contributed by atoms with Crippen molar-refractivity contribution >= 4 is 11.4 Å². The first-order valence-corrected chi connectivity index (χ1v) is 6.01. The van der Waals surface area contributed by atoms with Gasteiger partial charge in [0.25, 0.3) is 0 Å². The molecule has 1 aliphatic rings. The SMILES string of the molecule is C=C(C1CN(c2ccncc2N)CCO1)N(C)C. The Morgan fingerprint density at radius 2 is 2.39 bits per heavy atom. The van der Waals surface area contributed by atoms with Crippen molar-refractivity contribution in [1.82, 2.24) is 9.88 Å². The van der Waals surface area contributed by atoms with Gasteiger partial charge in [0, 0.05) is 39.1 Å². The van der Waals surface area contributed by atoms with Gasteiger partial charge in [-0.3, -0.25) is 4.98 Å². The minimum atomic E-state index is 0.0151. The molecule has 1 saturated heterocycles. The van der Waals surface area contributed by atoms with Crippen LogP contribution in [0.5, 0.6) is 0 Å². The quantitative estimate of drug-likeness (QED) is 0.863. The van der Waals surface area contributed by atoms with Crippen molar-refractivity contribution in [1.29, 1.82) is 0 Å². The summed E-state index contributed by atoms with van der Waals surface area (Å²) in [4.78, 5) is 8.23. The van der Waals surface area contributed by atoms with Crippen LogP contribution in [0.1, 0.15) is 0 Å². The number of likely N-dealkylation sites (N-methyl/N-ethyl adjacent to an activating group) is 1. The zero-order chi connectivity index (χ0) is 13.1. The number of nitrogens with zero attached hydrogens (tertiary/aromatic N) is 3. The maximum absolute atomic E-state index is 5.95. The van der Waals surface area contributed by atoms with Gasteiger partial charge in [-0.25, -0.2) is 0 Å². The van der Waals surface area contributed by atoms with Gasteiger partial charge in [0.1, 0.15) is 6.10 Å². The largest absolute Gasteiger partial charge is 0.396 e. The van der Waals surface area contributed by atoms with Crippen LogP contribution in [-0.2, 0) is 4.74 Å². The summed E-state index contributed by atoms with van der Waals surface area (Å²) in [6, 6.07) is 1.94. The fourth-order valence-corrected chi connectivity index (χ4v) is 2.04. The lowest BCUT2D eigenvalue weighted by Gasteiger charge is -2.37. The van der Waals surface area contributed by atoms with Gasteiger partial charge in [-0.2, -0.15) is 0 Å². The highest BCUT2D eigenvalue weighted by molar-refractivity contribution is 5.66. The van der Waals surface area contributed by atoms with Crippen LogP contribution in [-0.4, -0.2) is 49.8 Å². The molecule has 1 aliphatic heterocycles. The molecule has 2 rings (SSSR count). The first-order valence-electron chi connectivity index (χ1n) is 6.01. The van der Waals surface area contributed by atoms with E-state index in [4.69, 9.17) is 10.5 Å². The van der Waals surface area contributed by atoms with Crippen molar-refractivity contribution < 1.29 is 4.74 Å². The molecule has 1 unspecified atom stereocenters. The molecule has 0 aliphatic carbocycles. The number of morpholine rings is 1. The number of nitrogens with two attached hydrogens (primary N) is 1. The maximum Gasteiger partial charge on any atom is 0.114 e. The van der Waals surface area contributed by atoms with Crippen LogP contribution in [0.25, 0.3) is 0 Å². The number of hydrogen-bond acceptors (Lipinski definition) is 5. The van der Waals surface area contributed by atoms with Gasteiger partial charge in [-0.05, 0) is 6.07 Å². The third-order valence-corrected chi connectivity index (χ3v) is 3.18. The topological polar surface area (TPSA) is 54.6 Å². The standard InChI is InChI=1S/C13H20N4O/c1-10(16(2)3)13-9-17(6-7-18-13)12-4-5-15-8-11(12)14/h4-5,8,13H,1,6-7,9,14H2,2-3H3. The Labute approximate surface area is 108 Å². The Balaban J connectivity index is 2.12. The van der Waals surface area contributed by atoms with E-state index in [-0.39, 0.29) is 6.10 Å². The third-order valence-electron chi connectivity index (χ3n) is 3.18. The Bertz CT molecular complexity index is 433. The molecule has 1 aromatic rings. The zero-order valence-electron chi connectivity index (χ0n) is 11.0. The van der Waals surface area contributed by atoms with Gasteiger partial charge in [0.05, 0.1) is 24.2 Å². The molecule has 2 heterocycles. The minimum Gasteiger partial charge on any atom is -0.396 e. The molecule has 0 saturated carbocycles. The second-order valence-electron chi connectivity index (χ2n) is 4.63. The van der Waals surface area contributed by atoms with E-state index in [1.807, 2.05) is 25.1 Å². The molecule has 5 heteroatoms. The van der Waals surface area contributed by atoms with E-state index in [0.29, 0.717) is 12.3 Å². The molecule has 0 amide bonds. The van der Waals surface area contributed by atoms with Crippen LogP contribution in [0, 0.1) is 0 Å². The number of aromatic nitrogens is 1. The summed E-state index contributed by atoms with van der Waals surface area (Å²) < 4.78 is 5.75. The molecule has 0 radical (unpaired) electrons. The van der Waals surface area contributed by atoms with E-state index in [2.05, 4.69) is 16.5 Å². The molecule has 5 nitrogen and oxygen atoms in total. The summed E-state index contributed by atoms with van der Waals surface area (Å²) in [6.45, 7) is 6.35. The molecule has 1 aromatic heterocycles. The third kappa shape index (κ3) is 2.56. The summed E-state index contributed by atoms with van der Waals surface area (Å²) in [5, 5.41) is 0. The Hall–Kier alpha value is -1.75. The number of anilines is 2. The van der Waals surface area contributed by atoms with Crippen LogP contribution in [0.4, 0.5) is 11.4 Å². The molecule has 2 N–H and O–H groups in total. The molecule has 1 fully saturated rings. The molecule has 18 heavy (non-hydrogen) atoms. The van der Waals surface area contributed by atoms with E-state index in [1.54, 1.807) is 12.4 Å². The first-order chi connectivity index (χ1) is 8.59. The number of pyridine rings is 1. The fraction of sp³-hybridized carbons (Fsp3) is 0.462. The van der Waals surface area contributed by atoms with Crippen molar-refractivity contribution in [2.24, 2.45) is 0 Å². The summed E-state index contributed by atoms with van der Waals surface area (Å²) in [5.41, 5.74) is 8.65. The Morgan fingerprint density at radius 1 is 1.61 bits per heavy atom. The average molecular weight is 248 g/mol. The van der Waals surface area contributed by atoms with Gasteiger partial charge in [0.2, 0.25) is 0 Å². The summed E-state index contributed by atoms with van der Waals surface area (Å²) in [5.74, 6) is 0. The van der Waals surface area contributed by atoms with E-state index in [0.717, 1.165) is 24.5 Å². The summed E-state index contributed by atoms with van der Waals surface area (Å²) in [7, 11) is 3.96. The van der Waals surface area contributed by atoms with Gasteiger partial charge < -0.3 is 20.3 Å². The maximum atomic E-state index is 5.95. The number of hydrogen-bond donors (Lipinski definition) is 1. The normalized spacial score (nSPS) is 19.7. The van der Waals surface area contributed by atoms with Crippen molar-refractivity contribution in [3.63, 3.8) is 0 Å². The highest BCUT2D eigenvalue weighted by Gasteiger charge is 2.24. The van der Waals surface area contributed by atoms with E-state index < -0.39 is 0 Å². The molecular formula is C13H20N4O. The number of ether oxygens (including phenoxy) is 1. The number of rotatable bonds is 3. The fourth-order valence-electron chi connectivity index (χ4n) is 2.04. The monoisotopic (exact) mass is 248 g/mol. The number of nitrogen functional groups attached to an aromatic ring is 1. The van der Waals surface area contributed by atoms with Crippen LogP contribution in [0.15, 0.2) is 30.7 Å². The van der Waals surface area contributed by atoms with Crippen LogP contribution in [0.3, 0.4) is 0 Å². The molecular weight excluding hydrogens is 228 g/mol. The van der Waals surface area contributed by atoms with Crippen LogP contribution < -0.4 is 10.6 Å². The lowest BCUT2D eigenvalue weighted by Crippen LogP contribution is -2.45. The van der Waals surface area contributed by atoms with Gasteiger partial charge in [-0.1, -0.05) is 6.58 Å². The lowest BCUT2D eigenvalue weighted by atomic mass is 10.2. The summed E-state index contributed by atoms with van der Waals surface area (Å²) in [6.07, 6.45) is 3.46. The molecule has 0 bridgehead atoms. The van der Waals surface area contributed by atoms with Crippen molar-refractivity contribution in [3.05, 3.63) is 30.7 Å². The smallest absolute Gasteiger partial charge is 0.114 e. The molecule has 98 valence electrons. The molecule has 1 atom stereocenters. The van der Waals surface area contributed by atoms with E-state index in [1.165, 1.54) is 0 Å². The van der Waals surface area contributed by atoms with Gasteiger partial charge in [0.15, 0.2) is 0 Å². The van der Waals surface area contributed by atoms with Crippen molar-refractivity contribution in [3.8, 4) is 0 Å². The van der Waals surface area contributed by atoms with E-state index >= 15 is 0 Å². The average Bonchev–Trinajstić information content (AvgIpc) is 2.38. The minimum absolute atomic E-state index is 0.0151. The van der Waals surface area contributed by atoms with E-state index in [9.17, 15) is 0 Å². The first kappa shape index (κ1) is 12.7. The summed E-state index contributed by atoms with van der Waals surface area (Å²) >= 11 is 0. The van der Waals surface area contributed by atoms with Crippen LogP contribution in [0.2, 0.25) is 0 Å². The molecule has 0 aromatic carbocycles. The highest BCUT2D eigenvalue weighted by Crippen LogP contribution is 2.25. The molecule has 0 spiro atoms. The van der Waals surface area contributed by atoms with Crippen molar-refractivity contribution in [2.45, 2.75) is 6.10 Å². The zero-order valence-corrected chi connectivity index (χ0v) is 11.0. The second-order valence-corrected chi connectivity index (χ2v) is 4.63. The predicted octanol–water partition coefficient (Wildman–Crippen LogP) is 0.944. The van der Waals surface area contributed by atoms with Crippen molar-refractivity contribution in [2.75, 3.05) is 44.4 Å². The Kier molecular flexibility index (Phi) is 3.72. The van der Waals surface area contributed by atoms with Gasteiger partial charge in [-0.15, -0.1) is 0 Å². The van der Waals surface area contributed by atoms with Gasteiger partial charge >= 0.3 is 0 Å². The predicted molar refractivity (Wildman–Crippen MR) is 73.4 cm³/mol. The second kappa shape index (κ2) is 5.27.